The molecule has 0 spiro atoms. The van der Waals surface area contributed by atoms with E-state index in [1.807, 2.05) is 45.0 Å². The number of carbonyl (C=O) groups is 1. The monoisotopic (exact) mass is 301 g/mol. The smallest absolute Gasteiger partial charge is 0.407 e. The first-order valence-corrected chi connectivity index (χ1v) is 7.56. The zero-order valence-corrected chi connectivity index (χ0v) is 13.4. The molecule has 0 saturated carbocycles. The highest BCUT2D eigenvalue weighted by molar-refractivity contribution is 5.68. The molecule has 5 nitrogen and oxygen atoms in total. The summed E-state index contributed by atoms with van der Waals surface area (Å²) in [4.78, 5) is 14.1. The summed E-state index contributed by atoms with van der Waals surface area (Å²) in [5.74, 6) is 0. The van der Waals surface area contributed by atoms with Crippen LogP contribution in [-0.2, 0) is 11.3 Å². The molecular weight excluding hydrogens is 278 g/mol. The van der Waals surface area contributed by atoms with E-state index in [4.69, 9.17) is 10.00 Å². The molecule has 1 N–H and O–H groups in total. The van der Waals surface area contributed by atoms with Crippen LogP contribution in [0.3, 0.4) is 0 Å². The molecule has 0 bridgehead atoms. The fourth-order valence-electron chi connectivity index (χ4n) is 2.51. The van der Waals surface area contributed by atoms with Crippen molar-refractivity contribution in [3.05, 3.63) is 35.4 Å². The maximum atomic E-state index is 11.8. The third-order valence-corrected chi connectivity index (χ3v) is 3.48. The van der Waals surface area contributed by atoms with Crippen molar-refractivity contribution in [3.63, 3.8) is 0 Å². The van der Waals surface area contributed by atoms with Crippen molar-refractivity contribution in [2.45, 2.75) is 45.4 Å². The Hall–Kier alpha value is -2.06. The number of nitrogens with one attached hydrogen (secondary N) is 1. The van der Waals surface area contributed by atoms with Gasteiger partial charge in [0.2, 0.25) is 0 Å². The van der Waals surface area contributed by atoms with Crippen molar-refractivity contribution in [3.8, 4) is 6.07 Å². The number of benzene rings is 1. The molecule has 0 aliphatic carbocycles. The maximum absolute atomic E-state index is 11.8. The van der Waals surface area contributed by atoms with Crippen molar-refractivity contribution < 1.29 is 9.53 Å². The Morgan fingerprint density at radius 1 is 1.41 bits per heavy atom. The van der Waals surface area contributed by atoms with Gasteiger partial charge in [-0.05, 0) is 44.9 Å². The first-order chi connectivity index (χ1) is 10.4. The number of hydrogen-bond acceptors (Lipinski definition) is 4. The lowest BCUT2D eigenvalue weighted by Crippen LogP contribution is -2.40. The molecule has 0 unspecified atom stereocenters. The van der Waals surface area contributed by atoms with Crippen molar-refractivity contribution in [1.82, 2.24) is 10.2 Å². The van der Waals surface area contributed by atoms with E-state index in [1.165, 1.54) is 5.56 Å². The third kappa shape index (κ3) is 5.05. The summed E-state index contributed by atoms with van der Waals surface area (Å²) in [6.07, 6.45) is 0.577. The van der Waals surface area contributed by atoms with Crippen LogP contribution < -0.4 is 5.32 Å². The number of nitriles is 1. The second-order valence-corrected chi connectivity index (χ2v) is 6.68. The molecule has 0 aromatic heterocycles. The fourth-order valence-corrected chi connectivity index (χ4v) is 2.51. The van der Waals surface area contributed by atoms with Gasteiger partial charge in [-0.3, -0.25) is 4.90 Å². The van der Waals surface area contributed by atoms with Crippen molar-refractivity contribution >= 4 is 6.09 Å². The summed E-state index contributed by atoms with van der Waals surface area (Å²) in [6.45, 7) is 8.17. The summed E-state index contributed by atoms with van der Waals surface area (Å²) < 4.78 is 5.28. The number of carbonyl (C=O) groups excluding carboxylic acids is 1. The Balaban J connectivity index is 1.80. The minimum atomic E-state index is -0.467. The summed E-state index contributed by atoms with van der Waals surface area (Å²) in [5, 5.41) is 11.7. The molecular formula is C17H23N3O2. The first-order valence-electron chi connectivity index (χ1n) is 7.56. The minimum Gasteiger partial charge on any atom is -0.444 e. The highest BCUT2D eigenvalue weighted by Gasteiger charge is 2.25. The van der Waals surface area contributed by atoms with E-state index in [9.17, 15) is 4.79 Å². The van der Waals surface area contributed by atoms with Gasteiger partial charge >= 0.3 is 6.09 Å². The molecule has 1 fully saturated rings. The van der Waals surface area contributed by atoms with E-state index < -0.39 is 5.60 Å². The molecule has 1 heterocycles. The highest BCUT2D eigenvalue weighted by atomic mass is 16.6. The van der Waals surface area contributed by atoms with Crippen LogP contribution in [0.15, 0.2) is 24.3 Å². The molecule has 1 aromatic rings. The highest BCUT2D eigenvalue weighted by Crippen LogP contribution is 2.15. The number of nitrogens with zero attached hydrogens (tertiary/aromatic N) is 2. The van der Waals surface area contributed by atoms with Crippen LogP contribution in [0.2, 0.25) is 0 Å². The Labute approximate surface area is 131 Å². The number of hydrogen-bond donors (Lipinski definition) is 1. The second kappa shape index (κ2) is 6.80. The molecule has 0 radical (unpaired) electrons. The van der Waals surface area contributed by atoms with Gasteiger partial charge in [0.15, 0.2) is 0 Å². The third-order valence-electron chi connectivity index (χ3n) is 3.48. The van der Waals surface area contributed by atoms with Gasteiger partial charge in [0.25, 0.3) is 0 Å². The average molecular weight is 301 g/mol. The quantitative estimate of drug-likeness (QED) is 0.932. The van der Waals surface area contributed by atoms with E-state index in [-0.39, 0.29) is 12.1 Å². The van der Waals surface area contributed by atoms with Gasteiger partial charge in [0, 0.05) is 25.7 Å². The van der Waals surface area contributed by atoms with Crippen molar-refractivity contribution in [2.75, 3.05) is 13.1 Å². The number of amides is 1. The largest absolute Gasteiger partial charge is 0.444 e. The SMILES string of the molecule is CC(C)(C)OC(=O)N[C@@H]1CCN(Cc2ccc(C#N)cc2)C1. The molecule has 1 aliphatic rings. The summed E-state index contributed by atoms with van der Waals surface area (Å²) in [5.41, 5.74) is 1.39. The second-order valence-electron chi connectivity index (χ2n) is 6.68. The van der Waals surface area contributed by atoms with Gasteiger partial charge in [-0.1, -0.05) is 12.1 Å². The van der Waals surface area contributed by atoms with E-state index in [0.29, 0.717) is 5.56 Å². The van der Waals surface area contributed by atoms with Crippen LogP contribution >= 0.6 is 0 Å². The molecule has 1 aliphatic heterocycles. The topological polar surface area (TPSA) is 65.4 Å². The van der Waals surface area contributed by atoms with Crippen LogP contribution in [0.25, 0.3) is 0 Å². The molecule has 1 saturated heterocycles. The molecule has 118 valence electrons. The van der Waals surface area contributed by atoms with E-state index in [2.05, 4.69) is 16.3 Å². The van der Waals surface area contributed by atoms with Gasteiger partial charge in [0.1, 0.15) is 5.60 Å². The lowest BCUT2D eigenvalue weighted by atomic mass is 10.1. The Morgan fingerprint density at radius 3 is 2.68 bits per heavy atom. The van der Waals surface area contributed by atoms with Crippen LogP contribution in [0.1, 0.15) is 38.3 Å². The predicted molar refractivity (Wildman–Crippen MR) is 84.2 cm³/mol. The van der Waals surface area contributed by atoms with Crippen LogP contribution in [0.5, 0.6) is 0 Å². The zero-order valence-electron chi connectivity index (χ0n) is 13.4. The van der Waals surface area contributed by atoms with Crippen LogP contribution in [0.4, 0.5) is 4.79 Å². The Bertz CT molecular complexity index is 555. The van der Waals surface area contributed by atoms with Crippen molar-refractivity contribution in [2.24, 2.45) is 0 Å². The van der Waals surface area contributed by atoms with Gasteiger partial charge in [0.05, 0.1) is 11.6 Å². The number of likely N-dealkylation sites (tertiary alicyclic amines) is 1. The number of alkyl carbamates (subject to hydrolysis) is 1. The lowest BCUT2D eigenvalue weighted by molar-refractivity contribution is 0.0506. The van der Waals surface area contributed by atoms with Crippen LogP contribution in [0, 0.1) is 11.3 Å². The van der Waals surface area contributed by atoms with E-state index in [1.54, 1.807) is 0 Å². The average Bonchev–Trinajstić information content (AvgIpc) is 2.84. The number of ether oxygens (including phenoxy) is 1. The minimum absolute atomic E-state index is 0.133. The fraction of sp³-hybridized carbons (Fsp3) is 0.529. The summed E-state index contributed by atoms with van der Waals surface area (Å²) in [6, 6.07) is 9.88. The molecule has 1 aromatic carbocycles. The number of rotatable bonds is 3. The molecule has 22 heavy (non-hydrogen) atoms. The Morgan fingerprint density at radius 2 is 2.09 bits per heavy atom. The van der Waals surface area contributed by atoms with E-state index >= 15 is 0 Å². The lowest BCUT2D eigenvalue weighted by Gasteiger charge is -2.22. The first kappa shape index (κ1) is 16.3. The Kier molecular flexibility index (Phi) is 5.04. The van der Waals surface area contributed by atoms with Gasteiger partial charge in [-0.15, -0.1) is 0 Å². The molecule has 2 rings (SSSR count). The van der Waals surface area contributed by atoms with Gasteiger partial charge in [-0.2, -0.15) is 5.26 Å². The summed E-state index contributed by atoms with van der Waals surface area (Å²) in [7, 11) is 0. The standard InChI is InChI=1S/C17H23N3O2/c1-17(2,3)22-16(21)19-15-8-9-20(12-15)11-14-6-4-13(10-18)5-7-14/h4-7,15H,8-9,11-12H2,1-3H3,(H,19,21)/t15-/m1/s1. The maximum Gasteiger partial charge on any atom is 0.407 e. The molecule has 1 amide bonds. The molecule has 1 atom stereocenters. The van der Waals surface area contributed by atoms with Gasteiger partial charge in [-0.25, -0.2) is 4.79 Å². The zero-order chi connectivity index (χ0) is 16.2. The predicted octanol–water partition coefficient (Wildman–Crippen LogP) is 2.66. The van der Waals surface area contributed by atoms with Crippen molar-refractivity contribution in [1.29, 1.82) is 5.26 Å². The summed E-state index contributed by atoms with van der Waals surface area (Å²) >= 11 is 0. The normalized spacial score (nSPS) is 18.7. The van der Waals surface area contributed by atoms with Crippen LogP contribution in [-0.4, -0.2) is 35.7 Å². The van der Waals surface area contributed by atoms with E-state index in [0.717, 1.165) is 26.1 Å². The molecule has 5 heteroatoms. The van der Waals surface area contributed by atoms with Gasteiger partial charge < -0.3 is 10.1 Å².